The van der Waals surface area contributed by atoms with Gasteiger partial charge in [0, 0.05) is 6.61 Å². The normalized spacial score (nSPS) is 12.2. The van der Waals surface area contributed by atoms with Crippen LogP contribution >= 0.6 is 0 Å². The maximum Gasteiger partial charge on any atom is 0.142 e. The molecule has 1 rings (SSSR count). The lowest BCUT2D eigenvalue weighted by atomic mass is 10.1. The zero-order valence-electron chi connectivity index (χ0n) is 15.6. The number of anilines is 1. The van der Waals surface area contributed by atoms with Gasteiger partial charge in [0.05, 0.1) is 51.9 Å². The lowest BCUT2D eigenvalue weighted by Crippen LogP contribution is -2.14. The van der Waals surface area contributed by atoms with Gasteiger partial charge in [-0.2, -0.15) is 0 Å². The molecular weight excluding hydrogens is 322 g/mol. The lowest BCUT2D eigenvalue weighted by molar-refractivity contribution is -0.00766. The summed E-state index contributed by atoms with van der Waals surface area (Å²) in [7, 11) is 0. The standard InChI is InChI=1S/C19H33NO5/c1-3-17(2)16-24-13-12-22-9-8-21-10-11-23-14-15-25-19-7-5-4-6-18(19)20/h4-7,17H,3,8-16,20H2,1-2H3. The summed E-state index contributed by atoms with van der Waals surface area (Å²) >= 11 is 0. The molecule has 0 amide bonds. The van der Waals surface area contributed by atoms with E-state index < -0.39 is 0 Å². The molecule has 0 heterocycles. The Bertz CT molecular complexity index is 430. The van der Waals surface area contributed by atoms with Crippen LogP contribution in [0.3, 0.4) is 0 Å². The summed E-state index contributed by atoms with van der Waals surface area (Å²) < 4.78 is 27.3. The van der Waals surface area contributed by atoms with E-state index in [-0.39, 0.29) is 0 Å². The van der Waals surface area contributed by atoms with Crippen LogP contribution in [0.5, 0.6) is 5.75 Å². The molecule has 0 aromatic heterocycles. The van der Waals surface area contributed by atoms with Crippen molar-refractivity contribution in [3.8, 4) is 5.75 Å². The van der Waals surface area contributed by atoms with Gasteiger partial charge in [0.1, 0.15) is 12.4 Å². The van der Waals surface area contributed by atoms with Crippen LogP contribution in [0.1, 0.15) is 20.3 Å². The number of benzene rings is 1. The lowest BCUT2D eigenvalue weighted by Gasteiger charge is -2.10. The smallest absolute Gasteiger partial charge is 0.142 e. The van der Waals surface area contributed by atoms with Crippen molar-refractivity contribution >= 4 is 5.69 Å². The Hall–Kier alpha value is -1.34. The molecule has 1 aromatic rings. The van der Waals surface area contributed by atoms with Crippen LogP contribution in [0.2, 0.25) is 0 Å². The van der Waals surface area contributed by atoms with Crippen LogP contribution in [0.25, 0.3) is 0 Å². The minimum atomic E-state index is 0.466. The SMILES string of the molecule is CCC(C)COCCOCCOCCOCCOc1ccccc1N. The summed E-state index contributed by atoms with van der Waals surface area (Å²) in [6.45, 7) is 9.57. The summed E-state index contributed by atoms with van der Waals surface area (Å²) in [4.78, 5) is 0. The van der Waals surface area contributed by atoms with Crippen LogP contribution in [-0.2, 0) is 18.9 Å². The van der Waals surface area contributed by atoms with E-state index >= 15 is 0 Å². The van der Waals surface area contributed by atoms with Crippen LogP contribution in [0, 0.1) is 5.92 Å². The van der Waals surface area contributed by atoms with Gasteiger partial charge < -0.3 is 29.4 Å². The van der Waals surface area contributed by atoms with E-state index in [2.05, 4.69) is 13.8 Å². The number of hydrogen-bond acceptors (Lipinski definition) is 6. The molecule has 0 radical (unpaired) electrons. The van der Waals surface area contributed by atoms with Crippen molar-refractivity contribution in [2.75, 3.05) is 65.2 Å². The van der Waals surface area contributed by atoms with Crippen LogP contribution in [-0.4, -0.2) is 59.5 Å². The first-order valence-corrected chi connectivity index (χ1v) is 9.02. The van der Waals surface area contributed by atoms with Crippen LogP contribution in [0.15, 0.2) is 24.3 Å². The van der Waals surface area contributed by atoms with Gasteiger partial charge in [0.25, 0.3) is 0 Å². The van der Waals surface area contributed by atoms with Crippen molar-refractivity contribution in [1.29, 1.82) is 0 Å². The van der Waals surface area contributed by atoms with Gasteiger partial charge in [-0.05, 0) is 18.1 Å². The molecule has 1 atom stereocenters. The van der Waals surface area contributed by atoms with Crippen molar-refractivity contribution in [2.24, 2.45) is 5.92 Å². The zero-order chi connectivity index (χ0) is 18.2. The van der Waals surface area contributed by atoms with E-state index in [1.54, 1.807) is 0 Å². The first-order chi connectivity index (χ1) is 12.2. The van der Waals surface area contributed by atoms with Gasteiger partial charge in [-0.1, -0.05) is 32.4 Å². The zero-order valence-corrected chi connectivity index (χ0v) is 15.6. The van der Waals surface area contributed by atoms with E-state index in [0.717, 1.165) is 13.0 Å². The molecule has 0 saturated heterocycles. The molecular formula is C19H33NO5. The number of hydrogen-bond donors (Lipinski definition) is 1. The Labute approximate surface area is 151 Å². The number of ether oxygens (including phenoxy) is 5. The maximum atomic E-state index is 5.78. The molecule has 0 bridgehead atoms. The Morgan fingerprint density at radius 2 is 1.32 bits per heavy atom. The number of nitrogen functional groups attached to an aromatic ring is 1. The molecule has 1 unspecified atom stereocenters. The summed E-state index contributed by atoms with van der Waals surface area (Å²) in [6.07, 6.45) is 1.14. The molecule has 144 valence electrons. The summed E-state index contributed by atoms with van der Waals surface area (Å²) in [6, 6.07) is 7.41. The van der Waals surface area contributed by atoms with E-state index in [9.17, 15) is 0 Å². The van der Waals surface area contributed by atoms with Crippen molar-refractivity contribution in [3.05, 3.63) is 24.3 Å². The topological polar surface area (TPSA) is 72.2 Å². The van der Waals surface area contributed by atoms with Crippen molar-refractivity contribution in [3.63, 3.8) is 0 Å². The highest BCUT2D eigenvalue weighted by Gasteiger charge is 1.99. The molecule has 1 aromatic carbocycles. The molecule has 0 fully saturated rings. The fourth-order valence-corrected chi connectivity index (χ4v) is 1.88. The van der Waals surface area contributed by atoms with E-state index in [1.807, 2.05) is 24.3 Å². The molecule has 25 heavy (non-hydrogen) atoms. The first kappa shape index (κ1) is 21.7. The fourth-order valence-electron chi connectivity index (χ4n) is 1.88. The maximum absolute atomic E-state index is 5.78. The monoisotopic (exact) mass is 355 g/mol. The van der Waals surface area contributed by atoms with Gasteiger partial charge in [0.15, 0.2) is 0 Å². The second-order valence-corrected chi connectivity index (χ2v) is 5.81. The highest BCUT2D eigenvalue weighted by molar-refractivity contribution is 5.51. The quantitative estimate of drug-likeness (QED) is 0.363. The van der Waals surface area contributed by atoms with Gasteiger partial charge in [-0.15, -0.1) is 0 Å². The van der Waals surface area contributed by atoms with E-state index in [1.165, 1.54) is 0 Å². The largest absolute Gasteiger partial charge is 0.489 e. The number of nitrogens with two attached hydrogens (primary N) is 1. The molecule has 2 N–H and O–H groups in total. The van der Waals surface area contributed by atoms with Crippen LogP contribution in [0.4, 0.5) is 5.69 Å². The summed E-state index contributed by atoms with van der Waals surface area (Å²) in [5.74, 6) is 1.30. The highest BCUT2D eigenvalue weighted by atomic mass is 16.6. The minimum absolute atomic E-state index is 0.466. The fraction of sp³-hybridized carbons (Fsp3) is 0.684. The molecule has 0 saturated carbocycles. The van der Waals surface area contributed by atoms with Gasteiger partial charge in [0.2, 0.25) is 0 Å². The third kappa shape index (κ3) is 11.8. The predicted octanol–water partition coefficient (Wildman–Crippen LogP) is 2.76. The first-order valence-electron chi connectivity index (χ1n) is 9.02. The molecule has 0 aliphatic rings. The van der Waals surface area contributed by atoms with Gasteiger partial charge in [-0.3, -0.25) is 0 Å². The third-order valence-electron chi connectivity index (χ3n) is 3.62. The molecule has 0 aliphatic heterocycles. The average molecular weight is 355 g/mol. The summed E-state index contributed by atoms with van der Waals surface area (Å²) in [5.41, 5.74) is 6.42. The second-order valence-electron chi connectivity index (χ2n) is 5.81. The van der Waals surface area contributed by atoms with Crippen molar-refractivity contribution < 1.29 is 23.7 Å². The van der Waals surface area contributed by atoms with Gasteiger partial charge in [-0.25, -0.2) is 0 Å². The third-order valence-corrected chi connectivity index (χ3v) is 3.62. The molecule has 6 heteroatoms. The Kier molecular flexibility index (Phi) is 13.0. The summed E-state index contributed by atoms with van der Waals surface area (Å²) in [5, 5.41) is 0. The van der Waals surface area contributed by atoms with Crippen molar-refractivity contribution in [2.45, 2.75) is 20.3 Å². The average Bonchev–Trinajstić information content (AvgIpc) is 2.63. The molecule has 0 aliphatic carbocycles. The predicted molar refractivity (Wildman–Crippen MR) is 99.1 cm³/mol. The Balaban J connectivity index is 1.78. The van der Waals surface area contributed by atoms with Crippen molar-refractivity contribution in [1.82, 2.24) is 0 Å². The van der Waals surface area contributed by atoms with Gasteiger partial charge >= 0.3 is 0 Å². The number of para-hydroxylation sites is 2. The highest BCUT2D eigenvalue weighted by Crippen LogP contribution is 2.19. The van der Waals surface area contributed by atoms with Crippen LogP contribution < -0.4 is 10.5 Å². The number of rotatable bonds is 16. The Morgan fingerprint density at radius 1 is 0.800 bits per heavy atom. The molecule has 6 nitrogen and oxygen atoms in total. The van der Waals surface area contributed by atoms with E-state index in [0.29, 0.717) is 70.2 Å². The van der Waals surface area contributed by atoms with E-state index in [4.69, 9.17) is 29.4 Å². The second kappa shape index (κ2) is 15.0. The minimum Gasteiger partial charge on any atom is -0.489 e. The Morgan fingerprint density at radius 3 is 1.88 bits per heavy atom. The molecule has 0 spiro atoms.